The Morgan fingerprint density at radius 2 is 1.97 bits per heavy atom. The molecule has 4 rings (SSSR count). The van der Waals surface area contributed by atoms with Gasteiger partial charge in [0.15, 0.2) is 5.96 Å². The molecule has 0 bridgehead atoms. The van der Waals surface area contributed by atoms with Crippen molar-refractivity contribution in [1.29, 1.82) is 0 Å². The average molecular weight is 522 g/mol. The molecule has 1 saturated heterocycles. The lowest BCUT2D eigenvalue weighted by molar-refractivity contribution is 0.288. The molecule has 8 heteroatoms. The number of nitrogens with zero attached hydrogens (tertiary/aromatic N) is 5. The van der Waals surface area contributed by atoms with Crippen LogP contribution in [0.25, 0.3) is 0 Å². The van der Waals surface area contributed by atoms with Crippen LogP contribution in [-0.4, -0.2) is 60.2 Å². The van der Waals surface area contributed by atoms with Crippen LogP contribution in [0.3, 0.4) is 0 Å². The number of aromatic nitrogens is 2. The number of pyridine rings is 2. The van der Waals surface area contributed by atoms with E-state index in [0.717, 1.165) is 62.6 Å². The Kier molecular flexibility index (Phi) is 8.53. The van der Waals surface area contributed by atoms with E-state index in [1.54, 1.807) is 0 Å². The van der Waals surface area contributed by atoms with E-state index >= 15 is 0 Å². The van der Waals surface area contributed by atoms with Crippen molar-refractivity contribution >= 4 is 35.8 Å². The lowest BCUT2D eigenvalue weighted by Gasteiger charge is -2.37. The fourth-order valence-corrected chi connectivity index (χ4v) is 3.36. The molecule has 2 aromatic heterocycles. The third kappa shape index (κ3) is 6.45. The van der Waals surface area contributed by atoms with Crippen molar-refractivity contribution in [3.8, 4) is 5.88 Å². The Hall–Kier alpha value is -2.10. The minimum atomic E-state index is 0. The van der Waals surface area contributed by atoms with E-state index in [4.69, 9.17) is 9.73 Å². The van der Waals surface area contributed by atoms with Crippen LogP contribution in [0.2, 0.25) is 0 Å². The van der Waals surface area contributed by atoms with Gasteiger partial charge in [-0.1, -0.05) is 12.1 Å². The molecule has 162 valence electrons. The van der Waals surface area contributed by atoms with Crippen LogP contribution >= 0.6 is 24.0 Å². The number of piperazine rings is 1. The summed E-state index contributed by atoms with van der Waals surface area (Å²) in [6.07, 6.45) is 6.30. The molecule has 0 atom stereocenters. The fourth-order valence-electron chi connectivity index (χ4n) is 3.36. The highest BCUT2D eigenvalue weighted by molar-refractivity contribution is 14.0. The molecule has 0 amide bonds. The number of nitrogens with one attached hydrogen (secondary N) is 1. The largest absolute Gasteiger partial charge is 0.477 e. The molecular formula is C22H31IN6O. The first-order valence-electron chi connectivity index (χ1n) is 10.6. The maximum atomic E-state index is 5.71. The molecule has 1 aliphatic carbocycles. The van der Waals surface area contributed by atoms with Crippen molar-refractivity contribution in [2.45, 2.75) is 26.3 Å². The van der Waals surface area contributed by atoms with Gasteiger partial charge in [-0.05, 0) is 43.4 Å². The lowest BCUT2D eigenvalue weighted by atomic mass is 10.3. The second-order valence-corrected chi connectivity index (χ2v) is 7.59. The summed E-state index contributed by atoms with van der Waals surface area (Å²) >= 11 is 0. The molecule has 30 heavy (non-hydrogen) atoms. The summed E-state index contributed by atoms with van der Waals surface area (Å²) < 4.78 is 5.71. The van der Waals surface area contributed by atoms with Crippen molar-refractivity contribution < 1.29 is 4.74 Å². The summed E-state index contributed by atoms with van der Waals surface area (Å²) in [6.45, 7) is 8.09. The van der Waals surface area contributed by atoms with Crippen LogP contribution in [-0.2, 0) is 6.54 Å². The minimum absolute atomic E-state index is 0. The van der Waals surface area contributed by atoms with E-state index in [1.165, 1.54) is 12.8 Å². The standard InChI is InChI=1S/C22H30N6O.HI/c1-2-23-22(28-13-11-27(12-14-28)20-5-3-4-10-24-20)26-16-19-8-9-21(25-15-19)29-17-18-6-7-18;/h3-5,8-10,15,18H,2,6-7,11-14,16-17H2,1H3,(H,23,26);1H. The SMILES string of the molecule is CCNC(=NCc1ccc(OCC2CC2)nc1)N1CCN(c2ccccn2)CC1.I. The molecule has 2 aliphatic rings. The first-order chi connectivity index (χ1) is 14.3. The molecule has 1 saturated carbocycles. The summed E-state index contributed by atoms with van der Waals surface area (Å²) in [4.78, 5) is 18.4. The van der Waals surface area contributed by atoms with E-state index in [9.17, 15) is 0 Å². The number of ether oxygens (including phenoxy) is 1. The summed E-state index contributed by atoms with van der Waals surface area (Å²) in [7, 11) is 0. The Balaban J connectivity index is 0.00000256. The van der Waals surface area contributed by atoms with E-state index in [0.29, 0.717) is 12.4 Å². The third-order valence-corrected chi connectivity index (χ3v) is 5.26. The molecule has 7 nitrogen and oxygen atoms in total. The van der Waals surface area contributed by atoms with Crippen LogP contribution in [0, 0.1) is 5.92 Å². The summed E-state index contributed by atoms with van der Waals surface area (Å²) in [5.41, 5.74) is 1.09. The molecule has 0 unspecified atom stereocenters. The van der Waals surface area contributed by atoms with Crippen LogP contribution in [0.15, 0.2) is 47.7 Å². The van der Waals surface area contributed by atoms with Crippen molar-refractivity contribution in [2.24, 2.45) is 10.9 Å². The number of aliphatic imine (C=N–C) groups is 1. The van der Waals surface area contributed by atoms with Gasteiger partial charge >= 0.3 is 0 Å². The maximum Gasteiger partial charge on any atom is 0.213 e. The summed E-state index contributed by atoms with van der Waals surface area (Å²) in [5.74, 6) is 3.45. The van der Waals surface area contributed by atoms with Crippen LogP contribution < -0.4 is 15.0 Å². The molecule has 3 heterocycles. The normalized spacial score (nSPS) is 16.8. The quantitative estimate of drug-likeness (QED) is 0.343. The van der Waals surface area contributed by atoms with Gasteiger partial charge in [-0.2, -0.15) is 0 Å². The highest BCUT2D eigenvalue weighted by atomic mass is 127. The number of halogens is 1. The highest BCUT2D eigenvalue weighted by Gasteiger charge is 2.22. The topological polar surface area (TPSA) is 65.9 Å². The van der Waals surface area contributed by atoms with Crippen molar-refractivity contribution in [3.63, 3.8) is 0 Å². The van der Waals surface area contributed by atoms with Crippen molar-refractivity contribution in [3.05, 3.63) is 48.3 Å². The number of rotatable bonds is 7. The molecule has 0 spiro atoms. The van der Waals surface area contributed by atoms with Gasteiger partial charge in [-0.25, -0.2) is 15.0 Å². The van der Waals surface area contributed by atoms with Gasteiger partial charge in [0.25, 0.3) is 0 Å². The first kappa shape index (κ1) is 22.6. The van der Waals surface area contributed by atoms with Crippen molar-refractivity contribution in [2.75, 3.05) is 44.2 Å². The Morgan fingerprint density at radius 3 is 2.60 bits per heavy atom. The number of anilines is 1. The van der Waals surface area contributed by atoms with Gasteiger partial charge in [0.2, 0.25) is 5.88 Å². The monoisotopic (exact) mass is 522 g/mol. The molecule has 1 aliphatic heterocycles. The van der Waals surface area contributed by atoms with E-state index in [-0.39, 0.29) is 24.0 Å². The third-order valence-electron chi connectivity index (χ3n) is 5.26. The van der Waals surface area contributed by atoms with Crippen LogP contribution in [0.4, 0.5) is 5.82 Å². The van der Waals surface area contributed by atoms with Gasteiger partial charge in [0.05, 0.1) is 13.2 Å². The van der Waals surface area contributed by atoms with Crippen LogP contribution in [0.1, 0.15) is 25.3 Å². The second-order valence-electron chi connectivity index (χ2n) is 7.59. The van der Waals surface area contributed by atoms with E-state index < -0.39 is 0 Å². The zero-order valence-electron chi connectivity index (χ0n) is 17.5. The predicted octanol–water partition coefficient (Wildman–Crippen LogP) is 3.17. The molecule has 0 radical (unpaired) electrons. The summed E-state index contributed by atoms with van der Waals surface area (Å²) in [6, 6.07) is 10.1. The number of hydrogen-bond donors (Lipinski definition) is 1. The fraction of sp³-hybridized carbons (Fsp3) is 0.500. The average Bonchev–Trinajstić information content (AvgIpc) is 3.61. The predicted molar refractivity (Wildman–Crippen MR) is 131 cm³/mol. The maximum absolute atomic E-state index is 5.71. The zero-order chi connectivity index (χ0) is 19.9. The Bertz CT molecular complexity index is 789. The van der Waals surface area contributed by atoms with E-state index in [1.807, 2.05) is 30.6 Å². The lowest BCUT2D eigenvalue weighted by Crippen LogP contribution is -2.52. The van der Waals surface area contributed by atoms with Gasteiger partial charge in [0, 0.05) is 51.2 Å². The molecule has 2 aromatic rings. The zero-order valence-corrected chi connectivity index (χ0v) is 19.9. The van der Waals surface area contributed by atoms with E-state index in [2.05, 4.69) is 44.1 Å². The second kappa shape index (κ2) is 11.3. The number of guanidine groups is 1. The highest BCUT2D eigenvalue weighted by Crippen LogP contribution is 2.29. The minimum Gasteiger partial charge on any atom is -0.477 e. The molecule has 2 fully saturated rings. The van der Waals surface area contributed by atoms with Gasteiger partial charge in [-0.15, -0.1) is 24.0 Å². The van der Waals surface area contributed by atoms with Crippen molar-refractivity contribution in [1.82, 2.24) is 20.2 Å². The number of hydrogen-bond acceptors (Lipinski definition) is 5. The smallest absolute Gasteiger partial charge is 0.213 e. The van der Waals surface area contributed by atoms with Gasteiger partial charge < -0.3 is 19.9 Å². The first-order valence-corrected chi connectivity index (χ1v) is 10.6. The molecular weight excluding hydrogens is 491 g/mol. The molecule has 1 N–H and O–H groups in total. The Labute approximate surface area is 196 Å². The Morgan fingerprint density at radius 1 is 1.13 bits per heavy atom. The summed E-state index contributed by atoms with van der Waals surface area (Å²) in [5, 5.41) is 3.42. The molecule has 0 aromatic carbocycles. The van der Waals surface area contributed by atoms with Gasteiger partial charge in [0.1, 0.15) is 5.82 Å². The van der Waals surface area contributed by atoms with Crippen LogP contribution in [0.5, 0.6) is 5.88 Å². The van der Waals surface area contributed by atoms with Gasteiger partial charge in [-0.3, -0.25) is 0 Å².